The van der Waals surface area contributed by atoms with Gasteiger partial charge in [-0.25, -0.2) is 0 Å². The Morgan fingerprint density at radius 1 is 0.833 bits per heavy atom. The van der Waals surface area contributed by atoms with Gasteiger partial charge in [0.05, 0.1) is 0 Å². The van der Waals surface area contributed by atoms with Gasteiger partial charge in [0.2, 0.25) is 0 Å². The van der Waals surface area contributed by atoms with Crippen LogP contribution in [0.5, 0.6) is 0 Å². The monoisotopic (exact) mass is 504 g/mol. The Morgan fingerprint density at radius 3 is 1.89 bits per heavy atom. The van der Waals surface area contributed by atoms with E-state index < -0.39 is 65.0 Å². The summed E-state index contributed by atoms with van der Waals surface area (Å²) >= 11 is 0. The summed E-state index contributed by atoms with van der Waals surface area (Å²) in [7, 11) is 0. The van der Waals surface area contributed by atoms with Crippen molar-refractivity contribution in [2.75, 3.05) is 0 Å². The highest BCUT2D eigenvalue weighted by Gasteiger charge is 2.61. The van der Waals surface area contributed by atoms with Gasteiger partial charge in [0.1, 0.15) is 24.4 Å². The number of hydrogen-bond acceptors (Lipinski definition) is 8. The molecule has 0 saturated heterocycles. The first-order chi connectivity index (χ1) is 16.6. The Labute approximate surface area is 213 Å². The standard InChI is InChI=1S/C28H40O8/c1-14-12-21(34-17(4)30)25-26(36-19(6)32)24-15(2)20(33-16(3)29)10-11-28(24,9)13-22(35-18(5)31)23(14)27(25,7)8/h20-22,24-26H,2,10-13H2,1,3-9H3/t20-,21-,22-,24-,25?,26-,28-/m0/s1. The molecule has 0 heterocycles. The van der Waals surface area contributed by atoms with E-state index in [-0.39, 0.29) is 5.97 Å². The maximum Gasteiger partial charge on any atom is 0.303 e. The number of hydrogen-bond donors (Lipinski definition) is 0. The van der Waals surface area contributed by atoms with Gasteiger partial charge in [-0.3, -0.25) is 19.2 Å². The van der Waals surface area contributed by atoms with Gasteiger partial charge in [-0.1, -0.05) is 32.9 Å². The van der Waals surface area contributed by atoms with Crippen LogP contribution in [0, 0.1) is 22.7 Å². The molecule has 36 heavy (non-hydrogen) atoms. The summed E-state index contributed by atoms with van der Waals surface area (Å²) in [4.78, 5) is 48.8. The van der Waals surface area contributed by atoms with E-state index in [4.69, 9.17) is 18.9 Å². The predicted octanol–water partition coefficient (Wildman–Crippen LogP) is 4.45. The second-order valence-corrected chi connectivity index (χ2v) is 11.5. The lowest BCUT2D eigenvalue weighted by molar-refractivity contribution is -0.185. The molecule has 3 aliphatic rings. The smallest absolute Gasteiger partial charge is 0.303 e. The van der Waals surface area contributed by atoms with Crippen LogP contribution in [0.3, 0.4) is 0 Å². The molecule has 0 N–H and O–H groups in total. The average Bonchev–Trinajstić information content (AvgIpc) is 2.66. The van der Waals surface area contributed by atoms with Crippen LogP contribution in [0.2, 0.25) is 0 Å². The molecule has 0 aliphatic heterocycles. The molecular weight excluding hydrogens is 464 g/mol. The summed E-state index contributed by atoms with van der Waals surface area (Å²) < 4.78 is 23.6. The third-order valence-electron chi connectivity index (χ3n) is 8.33. The van der Waals surface area contributed by atoms with Crippen molar-refractivity contribution in [3.63, 3.8) is 0 Å². The van der Waals surface area contributed by atoms with Crippen molar-refractivity contribution in [1.29, 1.82) is 0 Å². The molecule has 0 radical (unpaired) electrons. The van der Waals surface area contributed by atoms with E-state index in [1.807, 2.05) is 20.8 Å². The van der Waals surface area contributed by atoms with E-state index >= 15 is 0 Å². The highest BCUT2D eigenvalue weighted by Crippen LogP contribution is 2.60. The fourth-order valence-electron chi connectivity index (χ4n) is 7.36. The molecule has 0 aromatic rings. The Kier molecular flexibility index (Phi) is 7.78. The summed E-state index contributed by atoms with van der Waals surface area (Å²) in [6, 6.07) is 0. The van der Waals surface area contributed by atoms with Gasteiger partial charge in [0, 0.05) is 46.0 Å². The van der Waals surface area contributed by atoms with Gasteiger partial charge in [-0.05, 0) is 48.2 Å². The van der Waals surface area contributed by atoms with Gasteiger partial charge in [0.15, 0.2) is 0 Å². The molecule has 3 aliphatic carbocycles. The normalized spacial score (nSPS) is 35.5. The second kappa shape index (κ2) is 10.0. The number of esters is 4. The largest absolute Gasteiger partial charge is 0.462 e. The first-order valence-corrected chi connectivity index (χ1v) is 12.7. The van der Waals surface area contributed by atoms with Crippen molar-refractivity contribution in [3.8, 4) is 0 Å². The highest BCUT2D eigenvalue weighted by atomic mass is 16.6. The number of carbonyl (C=O) groups excluding carboxylic acids is 4. The topological polar surface area (TPSA) is 105 Å². The quantitative estimate of drug-likeness (QED) is 0.314. The van der Waals surface area contributed by atoms with Gasteiger partial charge < -0.3 is 18.9 Å². The molecule has 7 atom stereocenters. The van der Waals surface area contributed by atoms with Crippen LogP contribution in [-0.4, -0.2) is 48.3 Å². The Bertz CT molecular complexity index is 992. The first kappa shape index (κ1) is 27.9. The molecule has 200 valence electrons. The number of ether oxygens (including phenoxy) is 4. The number of rotatable bonds is 4. The minimum Gasteiger partial charge on any atom is -0.462 e. The maximum atomic E-state index is 12.5. The SMILES string of the molecule is C=C1[C@@H](OC(C)=O)CC[C@@]2(C)C[C@H](OC(C)=O)C3=C(C)C[C@H](OC(C)=O)C([C@@H](OC(C)=O)[C@H]12)C3(C)C. The van der Waals surface area contributed by atoms with Gasteiger partial charge in [-0.2, -0.15) is 0 Å². The van der Waals surface area contributed by atoms with Crippen LogP contribution in [0.1, 0.15) is 81.1 Å². The van der Waals surface area contributed by atoms with E-state index in [2.05, 4.69) is 13.5 Å². The molecule has 0 aromatic heterocycles. The van der Waals surface area contributed by atoms with Gasteiger partial charge in [0.25, 0.3) is 0 Å². The van der Waals surface area contributed by atoms with E-state index in [0.717, 1.165) is 11.1 Å². The maximum absolute atomic E-state index is 12.5. The molecule has 3 rings (SSSR count). The molecule has 8 nitrogen and oxygen atoms in total. The van der Waals surface area contributed by atoms with Crippen LogP contribution in [0.15, 0.2) is 23.3 Å². The molecule has 2 fully saturated rings. The molecule has 0 aromatic carbocycles. The van der Waals surface area contributed by atoms with Crippen LogP contribution < -0.4 is 0 Å². The molecule has 2 bridgehead atoms. The molecule has 1 unspecified atom stereocenters. The zero-order valence-electron chi connectivity index (χ0n) is 22.8. The van der Waals surface area contributed by atoms with Crippen molar-refractivity contribution in [2.24, 2.45) is 22.7 Å². The van der Waals surface area contributed by atoms with Crippen molar-refractivity contribution in [3.05, 3.63) is 23.3 Å². The Balaban J connectivity index is 2.29. The molecule has 0 spiro atoms. The molecular formula is C28H40O8. The highest BCUT2D eigenvalue weighted by molar-refractivity contribution is 5.68. The first-order valence-electron chi connectivity index (χ1n) is 12.7. The van der Waals surface area contributed by atoms with Gasteiger partial charge in [-0.15, -0.1) is 0 Å². The van der Waals surface area contributed by atoms with Crippen molar-refractivity contribution in [1.82, 2.24) is 0 Å². The average molecular weight is 505 g/mol. The molecule has 0 amide bonds. The Hall–Kier alpha value is -2.64. The second-order valence-electron chi connectivity index (χ2n) is 11.5. The van der Waals surface area contributed by atoms with E-state index in [1.165, 1.54) is 27.7 Å². The van der Waals surface area contributed by atoms with Crippen molar-refractivity contribution in [2.45, 2.75) is 105 Å². The van der Waals surface area contributed by atoms with E-state index in [1.54, 1.807) is 0 Å². The summed E-state index contributed by atoms with van der Waals surface area (Å²) in [6.07, 6.45) is -0.148. The fraction of sp³-hybridized carbons (Fsp3) is 0.714. The fourth-order valence-corrected chi connectivity index (χ4v) is 7.36. The van der Waals surface area contributed by atoms with Crippen molar-refractivity contribution < 1.29 is 38.1 Å². The lowest BCUT2D eigenvalue weighted by Gasteiger charge is -2.58. The summed E-state index contributed by atoms with van der Waals surface area (Å²) in [5, 5.41) is 0. The molecule has 8 heteroatoms. The zero-order valence-corrected chi connectivity index (χ0v) is 22.8. The van der Waals surface area contributed by atoms with E-state index in [9.17, 15) is 19.2 Å². The Morgan fingerprint density at radius 2 is 1.36 bits per heavy atom. The summed E-state index contributed by atoms with van der Waals surface area (Å²) in [6.45, 7) is 18.0. The van der Waals surface area contributed by atoms with Crippen LogP contribution in [-0.2, 0) is 38.1 Å². The van der Waals surface area contributed by atoms with Gasteiger partial charge >= 0.3 is 23.9 Å². The van der Waals surface area contributed by atoms with Crippen LogP contribution in [0.4, 0.5) is 0 Å². The summed E-state index contributed by atoms with van der Waals surface area (Å²) in [5.41, 5.74) is 1.50. The lowest BCUT2D eigenvalue weighted by atomic mass is 9.50. The van der Waals surface area contributed by atoms with Crippen LogP contribution in [0.25, 0.3) is 0 Å². The third kappa shape index (κ3) is 5.23. The molecule has 2 saturated carbocycles. The van der Waals surface area contributed by atoms with E-state index in [0.29, 0.717) is 31.3 Å². The number of fused-ring (bicyclic) bond motifs is 3. The minimum atomic E-state index is -0.695. The summed E-state index contributed by atoms with van der Waals surface area (Å²) in [5.74, 6) is -2.52. The minimum absolute atomic E-state index is 0.376. The zero-order chi connectivity index (χ0) is 27.2. The van der Waals surface area contributed by atoms with Crippen LogP contribution >= 0.6 is 0 Å². The number of carbonyl (C=O) groups is 4. The van der Waals surface area contributed by atoms with Crippen molar-refractivity contribution >= 4 is 23.9 Å². The third-order valence-corrected chi connectivity index (χ3v) is 8.33. The predicted molar refractivity (Wildman–Crippen MR) is 131 cm³/mol. The lowest BCUT2D eigenvalue weighted by Crippen LogP contribution is -2.60.